The molecule has 19 heavy (non-hydrogen) atoms. The molecule has 4 nitrogen and oxygen atoms in total. The summed E-state index contributed by atoms with van der Waals surface area (Å²) >= 11 is 0. The molecule has 1 fully saturated rings. The SMILES string of the molecule is CC[C@H]1OCCC[C@H]1C(=O)N(C)Cc1ccoc1C. The maximum atomic E-state index is 12.5. The predicted molar refractivity (Wildman–Crippen MR) is 72.7 cm³/mol. The Morgan fingerprint density at radius 1 is 1.53 bits per heavy atom. The molecular formula is C15H23NO3. The van der Waals surface area contributed by atoms with Crippen molar-refractivity contribution in [2.75, 3.05) is 13.7 Å². The molecule has 0 aromatic carbocycles. The number of hydrogen-bond acceptors (Lipinski definition) is 3. The first-order chi connectivity index (χ1) is 9.13. The molecule has 0 radical (unpaired) electrons. The summed E-state index contributed by atoms with van der Waals surface area (Å²) in [6, 6.07) is 1.92. The van der Waals surface area contributed by atoms with Crippen LogP contribution in [0.3, 0.4) is 0 Å². The largest absolute Gasteiger partial charge is 0.469 e. The zero-order chi connectivity index (χ0) is 13.8. The lowest BCUT2D eigenvalue weighted by Gasteiger charge is -2.32. The average molecular weight is 265 g/mol. The molecule has 0 spiro atoms. The molecule has 2 heterocycles. The van der Waals surface area contributed by atoms with Crippen molar-refractivity contribution in [3.63, 3.8) is 0 Å². The van der Waals surface area contributed by atoms with Gasteiger partial charge in [-0.25, -0.2) is 0 Å². The van der Waals surface area contributed by atoms with Gasteiger partial charge in [0.2, 0.25) is 5.91 Å². The predicted octanol–water partition coefficient (Wildman–Crippen LogP) is 2.75. The molecular weight excluding hydrogens is 242 g/mol. The molecule has 106 valence electrons. The Morgan fingerprint density at radius 3 is 2.95 bits per heavy atom. The molecule has 0 bridgehead atoms. The topological polar surface area (TPSA) is 42.7 Å². The van der Waals surface area contributed by atoms with Crippen LogP contribution in [0, 0.1) is 12.8 Å². The lowest BCUT2D eigenvalue weighted by Crippen LogP contribution is -2.41. The average Bonchev–Trinajstić information content (AvgIpc) is 2.83. The van der Waals surface area contributed by atoms with Gasteiger partial charge in [-0.15, -0.1) is 0 Å². The molecule has 2 rings (SSSR count). The zero-order valence-electron chi connectivity index (χ0n) is 12.0. The molecule has 2 atom stereocenters. The summed E-state index contributed by atoms with van der Waals surface area (Å²) in [5.74, 6) is 1.08. The van der Waals surface area contributed by atoms with Crippen LogP contribution in [0.5, 0.6) is 0 Å². The van der Waals surface area contributed by atoms with E-state index in [9.17, 15) is 4.79 Å². The summed E-state index contributed by atoms with van der Waals surface area (Å²) in [7, 11) is 1.86. The van der Waals surface area contributed by atoms with Gasteiger partial charge in [0.05, 0.1) is 18.3 Å². The van der Waals surface area contributed by atoms with Gasteiger partial charge in [0, 0.05) is 25.8 Å². The number of carbonyl (C=O) groups is 1. The fraction of sp³-hybridized carbons (Fsp3) is 0.667. The number of rotatable bonds is 4. The molecule has 0 N–H and O–H groups in total. The van der Waals surface area contributed by atoms with Gasteiger partial charge in [0.15, 0.2) is 0 Å². The highest BCUT2D eigenvalue weighted by atomic mass is 16.5. The monoisotopic (exact) mass is 265 g/mol. The standard InChI is InChI=1S/C15H23NO3/c1-4-14-13(6-5-8-19-14)15(17)16(3)10-12-7-9-18-11(12)2/h7,9,13-14H,4-6,8,10H2,1-3H3/t13-,14-/m1/s1. The molecule has 1 amide bonds. The normalized spacial score (nSPS) is 23.3. The number of hydrogen-bond donors (Lipinski definition) is 0. The molecule has 1 saturated heterocycles. The van der Waals surface area contributed by atoms with Crippen LogP contribution in [0.25, 0.3) is 0 Å². The van der Waals surface area contributed by atoms with Crippen LogP contribution in [-0.4, -0.2) is 30.6 Å². The van der Waals surface area contributed by atoms with Crippen LogP contribution < -0.4 is 0 Å². The smallest absolute Gasteiger partial charge is 0.228 e. The minimum Gasteiger partial charge on any atom is -0.469 e. The first kappa shape index (κ1) is 14.1. The Morgan fingerprint density at radius 2 is 2.32 bits per heavy atom. The van der Waals surface area contributed by atoms with Gasteiger partial charge in [-0.05, 0) is 32.3 Å². The highest BCUT2D eigenvalue weighted by Crippen LogP contribution is 2.25. The van der Waals surface area contributed by atoms with Gasteiger partial charge in [-0.3, -0.25) is 4.79 Å². The second-order valence-corrected chi connectivity index (χ2v) is 5.26. The second-order valence-electron chi connectivity index (χ2n) is 5.26. The second kappa shape index (κ2) is 6.24. The molecule has 1 aliphatic heterocycles. The van der Waals surface area contributed by atoms with Crippen LogP contribution in [0.15, 0.2) is 16.7 Å². The molecule has 1 aliphatic rings. The zero-order valence-corrected chi connectivity index (χ0v) is 12.0. The van der Waals surface area contributed by atoms with E-state index in [-0.39, 0.29) is 17.9 Å². The van der Waals surface area contributed by atoms with Crippen LogP contribution >= 0.6 is 0 Å². The Hall–Kier alpha value is -1.29. The van der Waals surface area contributed by atoms with Crippen molar-refractivity contribution in [2.45, 2.75) is 45.8 Å². The summed E-state index contributed by atoms with van der Waals surface area (Å²) in [4.78, 5) is 14.3. The summed E-state index contributed by atoms with van der Waals surface area (Å²) in [5, 5.41) is 0. The van der Waals surface area contributed by atoms with E-state index >= 15 is 0 Å². The van der Waals surface area contributed by atoms with E-state index in [0.29, 0.717) is 6.54 Å². The third kappa shape index (κ3) is 3.18. The van der Waals surface area contributed by atoms with E-state index in [4.69, 9.17) is 9.15 Å². The number of aryl methyl sites for hydroxylation is 1. The van der Waals surface area contributed by atoms with Crippen molar-refractivity contribution in [3.8, 4) is 0 Å². The highest BCUT2D eigenvalue weighted by molar-refractivity contribution is 5.79. The van der Waals surface area contributed by atoms with Gasteiger partial charge >= 0.3 is 0 Å². The third-order valence-corrected chi connectivity index (χ3v) is 3.91. The molecule has 0 saturated carbocycles. The Bertz CT molecular complexity index is 427. The van der Waals surface area contributed by atoms with E-state index in [0.717, 1.165) is 37.2 Å². The van der Waals surface area contributed by atoms with Crippen molar-refractivity contribution in [1.82, 2.24) is 4.90 Å². The summed E-state index contributed by atoms with van der Waals surface area (Å²) in [6.07, 6.45) is 4.56. The minimum absolute atomic E-state index is 0.0101. The van der Waals surface area contributed by atoms with Crippen molar-refractivity contribution in [1.29, 1.82) is 0 Å². The Kier molecular flexibility index (Phi) is 4.64. The van der Waals surface area contributed by atoms with E-state index < -0.39 is 0 Å². The van der Waals surface area contributed by atoms with Gasteiger partial charge in [0.25, 0.3) is 0 Å². The van der Waals surface area contributed by atoms with Gasteiger partial charge in [-0.2, -0.15) is 0 Å². The van der Waals surface area contributed by atoms with Crippen molar-refractivity contribution < 1.29 is 13.9 Å². The fourth-order valence-corrected chi connectivity index (χ4v) is 2.72. The number of nitrogens with zero attached hydrogens (tertiary/aromatic N) is 1. The summed E-state index contributed by atoms with van der Waals surface area (Å²) in [5.41, 5.74) is 1.07. The quantitative estimate of drug-likeness (QED) is 0.840. The van der Waals surface area contributed by atoms with Gasteiger partial charge in [0.1, 0.15) is 5.76 Å². The minimum atomic E-state index is 0.0101. The van der Waals surface area contributed by atoms with Crippen LogP contribution in [0.2, 0.25) is 0 Å². The van der Waals surface area contributed by atoms with Crippen LogP contribution in [0.4, 0.5) is 0 Å². The third-order valence-electron chi connectivity index (χ3n) is 3.91. The van der Waals surface area contributed by atoms with Gasteiger partial charge in [-0.1, -0.05) is 6.92 Å². The Balaban J connectivity index is 2.00. The van der Waals surface area contributed by atoms with E-state index in [2.05, 4.69) is 6.92 Å². The van der Waals surface area contributed by atoms with Crippen molar-refractivity contribution >= 4 is 5.91 Å². The summed E-state index contributed by atoms with van der Waals surface area (Å²) < 4.78 is 11.0. The molecule has 0 unspecified atom stereocenters. The molecule has 4 heteroatoms. The lowest BCUT2D eigenvalue weighted by atomic mass is 9.91. The molecule has 1 aromatic rings. The van der Waals surface area contributed by atoms with Crippen molar-refractivity contribution in [3.05, 3.63) is 23.7 Å². The maximum Gasteiger partial charge on any atom is 0.228 e. The first-order valence-corrected chi connectivity index (χ1v) is 7.03. The Labute approximate surface area is 114 Å². The fourth-order valence-electron chi connectivity index (χ4n) is 2.72. The molecule has 1 aromatic heterocycles. The van der Waals surface area contributed by atoms with Crippen molar-refractivity contribution in [2.24, 2.45) is 5.92 Å². The van der Waals surface area contributed by atoms with Gasteiger partial charge < -0.3 is 14.1 Å². The van der Waals surface area contributed by atoms with E-state index in [1.54, 1.807) is 11.2 Å². The first-order valence-electron chi connectivity index (χ1n) is 7.03. The summed E-state index contributed by atoms with van der Waals surface area (Å²) in [6.45, 7) is 5.39. The lowest BCUT2D eigenvalue weighted by molar-refractivity contribution is -0.144. The number of ether oxygens (including phenoxy) is 1. The molecule has 0 aliphatic carbocycles. The van der Waals surface area contributed by atoms with E-state index in [1.807, 2.05) is 20.0 Å². The van der Waals surface area contributed by atoms with Crippen LogP contribution in [0.1, 0.15) is 37.5 Å². The maximum absolute atomic E-state index is 12.5. The van der Waals surface area contributed by atoms with Crippen LogP contribution in [-0.2, 0) is 16.1 Å². The number of amides is 1. The number of furan rings is 1. The highest BCUT2D eigenvalue weighted by Gasteiger charge is 2.32. The van der Waals surface area contributed by atoms with E-state index in [1.165, 1.54) is 0 Å². The number of carbonyl (C=O) groups excluding carboxylic acids is 1.